The third kappa shape index (κ3) is 28.7. The lowest BCUT2D eigenvalue weighted by Crippen LogP contribution is -2.60. The second kappa shape index (κ2) is 38.6. The van der Waals surface area contributed by atoms with E-state index in [1.807, 2.05) is 6.08 Å². The summed E-state index contributed by atoms with van der Waals surface area (Å²) in [5.41, 5.74) is 0. The molecule has 332 valence electrons. The fraction of sp³-hybridized carbons (Fsp3) is 0.694. The van der Waals surface area contributed by atoms with Gasteiger partial charge in [-0.1, -0.05) is 170 Å². The minimum atomic E-state index is -1.57. The van der Waals surface area contributed by atoms with Crippen LogP contribution in [0.4, 0.5) is 0 Å². The van der Waals surface area contributed by atoms with Gasteiger partial charge in [0.15, 0.2) is 6.29 Å². The molecule has 7 unspecified atom stereocenters. The molecule has 9 heteroatoms. The molecule has 0 aromatic rings. The Morgan fingerprint density at radius 1 is 0.603 bits per heavy atom. The van der Waals surface area contributed by atoms with E-state index in [0.717, 1.165) is 89.9 Å². The van der Waals surface area contributed by atoms with Crippen molar-refractivity contribution in [3.63, 3.8) is 0 Å². The number of allylic oxidation sites excluding steroid dienone is 13. The fourth-order valence-electron chi connectivity index (χ4n) is 6.54. The van der Waals surface area contributed by atoms with Gasteiger partial charge in [-0.15, -0.1) is 0 Å². The van der Waals surface area contributed by atoms with E-state index < -0.39 is 49.5 Å². The van der Waals surface area contributed by atoms with Crippen molar-refractivity contribution in [2.45, 2.75) is 204 Å². The summed E-state index contributed by atoms with van der Waals surface area (Å²) >= 11 is 0. The maximum Gasteiger partial charge on any atom is 0.220 e. The number of carbonyl (C=O) groups is 1. The average Bonchev–Trinajstić information content (AvgIpc) is 3.22. The highest BCUT2D eigenvalue weighted by atomic mass is 16.7. The van der Waals surface area contributed by atoms with Crippen molar-refractivity contribution in [3.05, 3.63) is 85.1 Å². The highest BCUT2D eigenvalue weighted by Gasteiger charge is 2.44. The minimum Gasteiger partial charge on any atom is -0.394 e. The molecule has 0 aliphatic carbocycles. The van der Waals surface area contributed by atoms with Gasteiger partial charge >= 0.3 is 0 Å². The van der Waals surface area contributed by atoms with Crippen LogP contribution < -0.4 is 5.32 Å². The molecule has 1 aliphatic heterocycles. The predicted octanol–water partition coefficient (Wildman–Crippen LogP) is 9.55. The lowest BCUT2D eigenvalue weighted by Gasteiger charge is -2.40. The van der Waals surface area contributed by atoms with Crippen molar-refractivity contribution in [2.75, 3.05) is 13.2 Å². The molecule has 0 radical (unpaired) electrons. The van der Waals surface area contributed by atoms with E-state index in [0.29, 0.717) is 6.42 Å². The van der Waals surface area contributed by atoms with Crippen LogP contribution in [0.3, 0.4) is 0 Å². The smallest absolute Gasteiger partial charge is 0.220 e. The highest BCUT2D eigenvalue weighted by molar-refractivity contribution is 5.76. The lowest BCUT2D eigenvalue weighted by molar-refractivity contribution is -0.302. The Bertz CT molecular complexity index is 1180. The number of nitrogens with one attached hydrogen (secondary N) is 1. The third-order valence-corrected chi connectivity index (χ3v) is 10.2. The number of hydrogen-bond acceptors (Lipinski definition) is 8. The van der Waals surface area contributed by atoms with Gasteiger partial charge in [0.25, 0.3) is 0 Å². The van der Waals surface area contributed by atoms with Crippen molar-refractivity contribution in [2.24, 2.45) is 0 Å². The van der Waals surface area contributed by atoms with E-state index >= 15 is 0 Å². The molecule has 1 fully saturated rings. The predicted molar refractivity (Wildman–Crippen MR) is 239 cm³/mol. The molecule has 1 aliphatic rings. The van der Waals surface area contributed by atoms with Crippen LogP contribution in [0.1, 0.15) is 162 Å². The summed E-state index contributed by atoms with van der Waals surface area (Å²) in [4.78, 5) is 12.9. The summed E-state index contributed by atoms with van der Waals surface area (Å²) < 4.78 is 11.1. The van der Waals surface area contributed by atoms with Gasteiger partial charge in [0.2, 0.25) is 5.91 Å². The SMILES string of the molecule is CC/C=C\C/C=C\C/C=C\C/C=C\C/C=C\CCCCCCCCCCCCCC(=O)NC(COC1OC(CO)C(O)C(O)C1O)C(O)/C=C/CC/C=C/CCCC. The summed E-state index contributed by atoms with van der Waals surface area (Å²) in [6.45, 7) is 3.54. The van der Waals surface area contributed by atoms with Gasteiger partial charge in [0, 0.05) is 6.42 Å². The van der Waals surface area contributed by atoms with Crippen LogP contribution in [0, 0.1) is 0 Å². The number of aliphatic hydroxyl groups excluding tert-OH is 5. The molecule has 1 saturated heterocycles. The van der Waals surface area contributed by atoms with Crippen LogP contribution in [0.15, 0.2) is 85.1 Å². The van der Waals surface area contributed by atoms with E-state index in [4.69, 9.17) is 9.47 Å². The van der Waals surface area contributed by atoms with Gasteiger partial charge in [-0.2, -0.15) is 0 Å². The number of unbranched alkanes of at least 4 members (excludes halogenated alkanes) is 14. The summed E-state index contributed by atoms with van der Waals surface area (Å²) in [6, 6.07) is -0.825. The summed E-state index contributed by atoms with van der Waals surface area (Å²) in [7, 11) is 0. The molecule has 0 saturated carbocycles. The van der Waals surface area contributed by atoms with Gasteiger partial charge in [-0.3, -0.25) is 4.79 Å². The first-order valence-corrected chi connectivity index (χ1v) is 22.8. The second-order valence-corrected chi connectivity index (χ2v) is 15.5. The number of amides is 1. The van der Waals surface area contributed by atoms with Crippen molar-refractivity contribution < 1.29 is 39.8 Å². The monoisotopic (exact) mass is 814 g/mol. The van der Waals surface area contributed by atoms with E-state index in [9.17, 15) is 30.3 Å². The van der Waals surface area contributed by atoms with E-state index in [1.165, 1.54) is 51.4 Å². The van der Waals surface area contributed by atoms with Crippen LogP contribution in [0.2, 0.25) is 0 Å². The maximum absolute atomic E-state index is 12.9. The van der Waals surface area contributed by atoms with E-state index in [-0.39, 0.29) is 12.5 Å². The first kappa shape index (κ1) is 53.4. The van der Waals surface area contributed by atoms with Crippen LogP contribution in [-0.4, -0.2) is 87.5 Å². The lowest BCUT2D eigenvalue weighted by atomic mass is 9.99. The number of carbonyl (C=O) groups excluding carboxylic acids is 1. The fourth-order valence-corrected chi connectivity index (χ4v) is 6.54. The Balaban J connectivity index is 2.21. The quantitative estimate of drug-likeness (QED) is 0.0271. The Kier molecular flexibility index (Phi) is 35.5. The van der Waals surface area contributed by atoms with Crippen molar-refractivity contribution >= 4 is 5.91 Å². The molecule has 0 aromatic heterocycles. The first-order valence-electron chi connectivity index (χ1n) is 22.8. The van der Waals surface area contributed by atoms with Gasteiger partial charge in [-0.05, 0) is 70.6 Å². The molecule has 0 aromatic carbocycles. The largest absolute Gasteiger partial charge is 0.394 e. The summed E-state index contributed by atoms with van der Waals surface area (Å²) in [5, 5.41) is 53.9. The van der Waals surface area contributed by atoms with Crippen LogP contribution >= 0.6 is 0 Å². The van der Waals surface area contributed by atoms with E-state index in [1.54, 1.807) is 6.08 Å². The third-order valence-electron chi connectivity index (χ3n) is 10.2. The number of rotatable bonds is 36. The summed E-state index contributed by atoms with van der Waals surface area (Å²) in [5.74, 6) is -0.199. The van der Waals surface area contributed by atoms with Gasteiger partial charge in [-0.25, -0.2) is 0 Å². The second-order valence-electron chi connectivity index (χ2n) is 15.5. The molecule has 58 heavy (non-hydrogen) atoms. The first-order chi connectivity index (χ1) is 28.3. The molecule has 1 heterocycles. The average molecular weight is 814 g/mol. The molecule has 1 rings (SSSR count). The number of hydrogen-bond donors (Lipinski definition) is 6. The zero-order valence-corrected chi connectivity index (χ0v) is 36.3. The molecular weight excluding hydrogens is 731 g/mol. The molecule has 0 spiro atoms. The Hall–Kier alpha value is -2.63. The standard InChI is InChI=1S/C49H83NO8/c1-3-5-7-9-11-13-14-15-16-17-18-19-20-21-22-23-24-25-26-27-28-29-30-31-33-35-37-39-45(53)50-42(43(52)38-36-34-32-12-10-8-6-4-2)41-57-49-48(56)47(55)46(54)44(40-51)58-49/h5,7,10-13,15-16,18-19,21-22,36,38,42-44,46-49,51-52,54-56H,3-4,6,8-9,14,17,20,23-35,37,39-41H2,1-2H3,(H,50,53)/b7-5-,12-10+,13-11-,16-15-,19-18-,22-21-,38-36+. The number of aliphatic hydroxyl groups is 5. The zero-order valence-electron chi connectivity index (χ0n) is 36.3. The van der Waals surface area contributed by atoms with Crippen molar-refractivity contribution in [3.8, 4) is 0 Å². The molecule has 1 amide bonds. The Morgan fingerprint density at radius 3 is 1.66 bits per heavy atom. The number of ether oxygens (including phenoxy) is 2. The summed E-state index contributed by atoms with van der Waals surface area (Å²) in [6.07, 6.45) is 46.5. The molecule has 7 atom stereocenters. The molecule has 9 nitrogen and oxygen atoms in total. The normalized spacial score (nSPS) is 21.7. The van der Waals surface area contributed by atoms with Gasteiger partial charge in [0.05, 0.1) is 25.4 Å². The Labute approximate surface area is 352 Å². The maximum atomic E-state index is 12.9. The minimum absolute atomic E-state index is 0.199. The van der Waals surface area contributed by atoms with Crippen LogP contribution in [-0.2, 0) is 14.3 Å². The van der Waals surface area contributed by atoms with Gasteiger partial charge < -0.3 is 40.3 Å². The zero-order chi connectivity index (χ0) is 42.3. The van der Waals surface area contributed by atoms with Crippen LogP contribution in [0.5, 0.6) is 0 Å². The van der Waals surface area contributed by atoms with Gasteiger partial charge in [0.1, 0.15) is 24.4 Å². The molecule has 6 N–H and O–H groups in total. The Morgan fingerprint density at radius 2 is 1.09 bits per heavy atom. The highest BCUT2D eigenvalue weighted by Crippen LogP contribution is 2.22. The molecular formula is C49H83NO8. The topological polar surface area (TPSA) is 149 Å². The van der Waals surface area contributed by atoms with Crippen LogP contribution in [0.25, 0.3) is 0 Å². The van der Waals surface area contributed by atoms with E-state index in [2.05, 4.69) is 92.1 Å². The molecule has 0 bridgehead atoms. The van der Waals surface area contributed by atoms with Crippen molar-refractivity contribution in [1.29, 1.82) is 0 Å². The van der Waals surface area contributed by atoms with Crippen molar-refractivity contribution in [1.82, 2.24) is 5.32 Å².